The van der Waals surface area contributed by atoms with Crippen molar-refractivity contribution in [1.82, 2.24) is 9.97 Å². The smallest absolute Gasteiger partial charge is 0.342 e. The van der Waals surface area contributed by atoms with Gasteiger partial charge in [-0.1, -0.05) is 54.6 Å². The third-order valence-electron chi connectivity index (χ3n) is 5.59. The largest absolute Gasteiger partial charge is 0.493 e. The molecule has 0 spiro atoms. The number of imidazole rings is 1. The van der Waals surface area contributed by atoms with Gasteiger partial charge in [-0.15, -0.1) is 0 Å². The van der Waals surface area contributed by atoms with Crippen molar-refractivity contribution < 1.29 is 19.4 Å². The number of ether oxygens (including phenoxy) is 2. The van der Waals surface area contributed by atoms with Crippen molar-refractivity contribution in [2.24, 2.45) is 0 Å². The Morgan fingerprint density at radius 1 is 1.08 bits per heavy atom. The normalized spacial score (nSPS) is 11.7. The molecule has 0 fully saturated rings. The van der Waals surface area contributed by atoms with Crippen molar-refractivity contribution in [3.63, 3.8) is 0 Å². The minimum atomic E-state index is -1.05. The van der Waals surface area contributed by atoms with Crippen LogP contribution in [0, 0.1) is 0 Å². The van der Waals surface area contributed by atoms with Crippen LogP contribution in [0.25, 0.3) is 27.9 Å². The molecule has 0 unspecified atom stereocenters. The lowest BCUT2D eigenvalue weighted by molar-refractivity contribution is -0.131. The number of fused-ring (bicyclic) bond motifs is 2. The number of carbonyl (C=O) groups is 1. The Kier molecular flexibility index (Phi) is 6.97. The summed E-state index contributed by atoms with van der Waals surface area (Å²) in [6.45, 7) is 0.355. The van der Waals surface area contributed by atoms with E-state index in [1.807, 2.05) is 54.6 Å². The molecule has 0 saturated carbocycles. The molecule has 180 valence electrons. The number of thioether (sulfide) groups is 1. The fraction of sp³-hybridized carbons (Fsp3) is 0.0714. The van der Waals surface area contributed by atoms with Gasteiger partial charge in [-0.05, 0) is 79.9 Å². The first kappa shape index (κ1) is 24.0. The van der Waals surface area contributed by atoms with Gasteiger partial charge < -0.3 is 19.6 Å². The molecular formula is C28H21BrN2O4S. The van der Waals surface area contributed by atoms with E-state index in [4.69, 9.17) is 9.47 Å². The number of carboxylic acid groups (broad SMARTS) is 1. The van der Waals surface area contributed by atoms with Crippen LogP contribution in [0.15, 0.2) is 93.4 Å². The van der Waals surface area contributed by atoms with Gasteiger partial charge in [0, 0.05) is 0 Å². The SMILES string of the molecule is COc1cc(/C=C(\Sc2nc3ccccc3[nH]2)C(=O)O)cc(Br)c1OCc1cccc2ccccc12. The number of hydrogen-bond donors (Lipinski definition) is 2. The molecule has 1 heterocycles. The van der Waals surface area contributed by atoms with Gasteiger partial charge in [0.25, 0.3) is 0 Å². The maximum Gasteiger partial charge on any atom is 0.342 e. The molecular weight excluding hydrogens is 540 g/mol. The van der Waals surface area contributed by atoms with Crippen LogP contribution in [0.2, 0.25) is 0 Å². The molecule has 0 saturated heterocycles. The van der Waals surface area contributed by atoms with Crippen molar-refractivity contribution in [3.05, 3.63) is 99.4 Å². The van der Waals surface area contributed by atoms with Crippen LogP contribution in [0.1, 0.15) is 11.1 Å². The Balaban J connectivity index is 1.41. The van der Waals surface area contributed by atoms with E-state index in [1.54, 1.807) is 19.3 Å². The van der Waals surface area contributed by atoms with Gasteiger partial charge in [0.2, 0.25) is 0 Å². The van der Waals surface area contributed by atoms with E-state index < -0.39 is 5.97 Å². The van der Waals surface area contributed by atoms with Crippen molar-refractivity contribution >= 4 is 61.5 Å². The molecule has 0 aliphatic carbocycles. The minimum Gasteiger partial charge on any atom is -0.493 e. The number of halogens is 1. The van der Waals surface area contributed by atoms with E-state index in [0.29, 0.717) is 33.3 Å². The second kappa shape index (κ2) is 10.5. The lowest BCUT2D eigenvalue weighted by atomic mass is 10.1. The standard InChI is InChI=1S/C28H21BrN2O4S/c1-34-24-14-17(15-25(27(32)33)36-28-30-22-11-4-5-12-23(22)31-28)13-21(29)26(24)35-16-19-9-6-8-18-7-2-3-10-20(18)19/h2-15H,16H2,1H3,(H,30,31)(H,32,33)/b25-15-. The fourth-order valence-corrected chi connectivity index (χ4v) is 5.27. The quantitative estimate of drug-likeness (QED) is 0.153. The van der Waals surface area contributed by atoms with E-state index in [1.165, 1.54) is 0 Å². The summed E-state index contributed by atoms with van der Waals surface area (Å²) in [6, 6.07) is 25.4. The molecule has 1 aromatic heterocycles. The molecule has 8 heteroatoms. The topological polar surface area (TPSA) is 84.4 Å². The summed E-state index contributed by atoms with van der Waals surface area (Å²) in [5.41, 5.74) is 3.34. The maximum absolute atomic E-state index is 12.0. The zero-order chi connectivity index (χ0) is 25.1. The van der Waals surface area contributed by atoms with Crippen LogP contribution in [0.5, 0.6) is 11.5 Å². The van der Waals surface area contributed by atoms with Crippen molar-refractivity contribution in [1.29, 1.82) is 0 Å². The highest BCUT2D eigenvalue weighted by atomic mass is 79.9. The van der Waals surface area contributed by atoms with Gasteiger partial charge in [0.05, 0.1) is 22.6 Å². The average Bonchev–Trinajstić information content (AvgIpc) is 3.30. The highest BCUT2D eigenvalue weighted by Gasteiger charge is 2.16. The molecule has 2 N–H and O–H groups in total. The van der Waals surface area contributed by atoms with Gasteiger partial charge >= 0.3 is 5.97 Å². The Labute approximate surface area is 220 Å². The van der Waals surface area contributed by atoms with Gasteiger partial charge in [0.15, 0.2) is 16.7 Å². The monoisotopic (exact) mass is 560 g/mol. The fourth-order valence-electron chi connectivity index (χ4n) is 3.90. The molecule has 0 bridgehead atoms. The van der Waals surface area contributed by atoms with Crippen LogP contribution in [0.4, 0.5) is 0 Å². The van der Waals surface area contributed by atoms with Crippen molar-refractivity contribution in [3.8, 4) is 11.5 Å². The Hall–Kier alpha value is -3.75. The van der Waals surface area contributed by atoms with E-state index in [9.17, 15) is 9.90 Å². The molecule has 5 aromatic rings. The number of aliphatic carboxylic acids is 1. The molecule has 36 heavy (non-hydrogen) atoms. The number of rotatable bonds is 8. The first-order valence-electron chi connectivity index (χ1n) is 11.1. The zero-order valence-corrected chi connectivity index (χ0v) is 21.6. The van der Waals surface area contributed by atoms with Crippen LogP contribution in [-0.4, -0.2) is 28.2 Å². The number of benzene rings is 4. The number of methoxy groups -OCH3 is 1. The van der Waals surface area contributed by atoms with Gasteiger partial charge in [0.1, 0.15) is 11.5 Å². The summed E-state index contributed by atoms with van der Waals surface area (Å²) >= 11 is 4.63. The first-order chi connectivity index (χ1) is 17.5. The third kappa shape index (κ3) is 5.10. The lowest BCUT2D eigenvalue weighted by Crippen LogP contribution is -2.00. The summed E-state index contributed by atoms with van der Waals surface area (Å²) in [5, 5.41) is 12.6. The Bertz CT molecular complexity index is 1570. The van der Waals surface area contributed by atoms with Gasteiger partial charge in [-0.2, -0.15) is 0 Å². The number of H-pyrrole nitrogens is 1. The van der Waals surface area contributed by atoms with Gasteiger partial charge in [-0.25, -0.2) is 9.78 Å². The molecule has 0 radical (unpaired) electrons. The molecule has 0 aliphatic heterocycles. The highest BCUT2D eigenvalue weighted by Crippen LogP contribution is 2.39. The number of nitrogens with zero attached hydrogens (tertiary/aromatic N) is 1. The zero-order valence-electron chi connectivity index (χ0n) is 19.2. The average molecular weight is 561 g/mol. The van der Waals surface area contributed by atoms with E-state index in [0.717, 1.165) is 39.1 Å². The minimum absolute atomic E-state index is 0.118. The molecule has 0 atom stereocenters. The lowest BCUT2D eigenvalue weighted by Gasteiger charge is -2.15. The number of nitrogens with one attached hydrogen (secondary N) is 1. The molecule has 0 amide bonds. The van der Waals surface area contributed by atoms with Crippen LogP contribution < -0.4 is 9.47 Å². The van der Waals surface area contributed by atoms with E-state index in [-0.39, 0.29) is 4.91 Å². The number of aromatic amines is 1. The van der Waals surface area contributed by atoms with Crippen molar-refractivity contribution in [2.75, 3.05) is 7.11 Å². The summed E-state index contributed by atoms with van der Waals surface area (Å²) in [7, 11) is 1.56. The van der Waals surface area contributed by atoms with E-state index in [2.05, 4.69) is 44.1 Å². The maximum atomic E-state index is 12.0. The summed E-state index contributed by atoms with van der Waals surface area (Å²) < 4.78 is 12.4. The van der Waals surface area contributed by atoms with E-state index >= 15 is 0 Å². The third-order valence-corrected chi connectivity index (χ3v) is 7.07. The molecule has 4 aromatic carbocycles. The molecule has 6 nitrogen and oxygen atoms in total. The van der Waals surface area contributed by atoms with Crippen molar-refractivity contribution in [2.45, 2.75) is 11.8 Å². The highest BCUT2D eigenvalue weighted by molar-refractivity contribution is 9.10. The van der Waals surface area contributed by atoms with Gasteiger partial charge in [-0.3, -0.25) is 0 Å². The predicted octanol–water partition coefficient (Wildman–Crippen LogP) is 7.28. The number of para-hydroxylation sites is 2. The Morgan fingerprint density at radius 3 is 2.67 bits per heavy atom. The Morgan fingerprint density at radius 2 is 1.86 bits per heavy atom. The summed E-state index contributed by atoms with van der Waals surface area (Å²) in [5.74, 6) is -0.00874. The summed E-state index contributed by atoms with van der Waals surface area (Å²) in [6.07, 6.45) is 1.59. The number of carboxylic acids is 1. The van der Waals surface area contributed by atoms with Crippen LogP contribution >= 0.6 is 27.7 Å². The van der Waals surface area contributed by atoms with Crippen LogP contribution in [-0.2, 0) is 11.4 Å². The second-order valence-corrected chi connectivity index (χ2v) is 9.82. The molecule has 5 rings (SSSR count). The second-order valence-electron chi connectivity index (χ2n) is 7.94. The first-order valence-corrected chi connectivity index (χ1v) is 12.7. The van der Waals surface area contributed by atoms with Crippen LogP contribution in [0.3, 0.4) is 0 Å². The molecule has 0 aliphatic rings. The summed E-state index contributed by atoms with van der Waals surface area (Å²) in [4.78, 5) is 19.7. The number of hydrogen-bond acceptors (Lipinski definition) is 5. The number of aromatic nitrogens is 2. The predicted molar refractivity (Wildman–Crippen MR) is 147 cm³/mol.